The van der Waals surface area contributed by atoms with Crippen molar-refractivity contribution in [3.8, 4) is 5.75 Å². The molecular formula is C21H20F3N3O3. The molecule has 1 heterocycles. The molecule has 9 heteroatoms. The number of primary amides is 1. The summed E-state index contributed by atoms with van der Waals surface area (Å²) < 4.78 is 46.6. The van der Waals surface area contributed by atoms with E-state index in [0.29, 0.717) is 11.0 Å². The highest BCUT2D eigenvalue weighted by atomic mass is 19.4. The lowest BCUT2D eigenvalue weighted by molar-refractivity contribution is -0.274. The Bertz CT molecular complexity index is 1120. The molecule has 0 bridgehead atoms. The van der Waals surface area contributed by atoms with Gasteiger partial charge < -0.3 is 19.8 Å². The second-order valence-electron chi connectivity index (χ2n) is 6.38. The normalized spacial score (nSPS) is 12.2. The van der Waals surface area contributed by atoms with Gasteiger partial charge in [-0.05, 0) is 56.3 Å². The number of alkyl halides is 3. The smallest absolute Gasteiger partial charge is 0.437 e. The first kappa shape index (κ1) is 21.2. The third-order valence-electron chi connectivity index (χ3n) is 4.43. The average molecular weight is 419 g/mol. The molecule has 2 N–H and O–H groups in total. The summed E-state index contributed by atoms with van der Waals surface area (Å²) in [6.07, 6.45) is -4.78. The molecule has 0 spiro atoms. The highest BCUT2D eigenvalue weighted by Crippen LogP contribution is 2.25. The number of anilines is 1. The number of hydrogen-bond acceptors (Lipinski definition) is 5. The van der Waals surface area contributed by atoms with E-state index in [1.54, 1.807) is 6.07 Å². The van der Waals surface area contributed by atoms with Crippen molar-refractivity contribution in [2.24, 2.45) is 10.7 Å². The van der Waals surface area contributed by atoms with Crippen molar-refractivity contribution in [3.63, 3.8) is 0 Å². The molecule has 0 aliphatic rings. The predicted octanol–water partition coefficient (Wildman–Crippen LogP) is 4.51. The molecule has 3 rings (SSSR count). The van der Waals surface area contributed by atoms with E-state index >= 15 is 0 Å². The van der Waals surface area contributed by atoms with Gasteiger partial charge in [0.25, 0.3) is 5.91 Å². The van der Waals surface area contributed by atoms with Gasteiger partial charge in [-0.2, -0.15) is 0 Å². The zero-order valence-corrected chi connectivity index (χ0v) is 16.4. The van der Waals surface area contributed by atoms with Gasteiger partial charge in [0.1, 0.15) is 16.9 Å². The number of fused-ring (bicyclic) bond motifs is 1. The van der Waals surface area contributed by atoms with Gasteiger partial charge in [0.05, 0.1) is 5.69 Å². The Labute approximate surface area is 170 Å². The molecule has 1 aromatic heterocycles. The number of carbonyl (C=O) groups is 1. The van der Waals surface area contributed by atoms with Crippen LogP contribution < -0.4 is 20.9 Å². The molecule has 158 valence electrons. The monoisotopic (exact) mass is 419 g/mol. The van der Waals surface area contributed by atoms with Gasteiger partial charge in [0, 0.05) is 30.2 Å². The van der Waals surface area contributed by atoms with E-state index < -0.39 is 12.3 Å². The van der Waals surface area contributed by atoms with Crippen LogP contribution in [0.2, 0.25) is 0 Å². The number of benzene rings is 2. The minimum atomic E-state index is -4.78. The number of nitrogens with zero attached hydrogens (tertiary/aromatic N) is 2. The third kappa shape index (κ3) is 4.91. The van der Waals surface area contributed by atoms with E-state index in [2.05, 4.69) is 14.6 Å². The molecule has 0 unspecified atom stereocenters. The van der Waals surface area contributed by atoms with Crippen molar-refractivity contribution in [1.82, 2.24) is 0 Å². The van der Waals surface area contributed by atoms with Crippen molar-refractivity contribution in [1.29, 1.82) is 0 Å². The number of hydrogen-bond donors (Lipinski definition) is 1. The second-order valence-corrected chi connectivity index (χ2v) is 6.38. The Kier molecular flexibility index (Phi) is 6.00. The number of carbonyl (C=O) groups excluding carboxylic acids is 1. The van der Waals surface area contributed by atoms with Gasteiger partial charge in [-0.1, -0.05) is 0 Å². The molecule has 3 aromatic rings. The summed E-state index contributed by atoms with van der Waals surface area (Å²) in [6.45, 7) is 5.69. The first-order valence-electron chi connectivity index (χ1n) is 9.23. The minimum Gasteiger partial charge on any atom is -0.437 e. The van der Waals surface area contributed by atoms with Crippen LogP contribution >= 0.6 is 0 Å². The number of halogens is 3. The van der Waals surface area contributed by atoms with Crippen LogP contribution in [-0.2, 0) is 0 Å². The molecule has 0 atom stereocenters. The van der Waals surface area contributed by atoms with Gasteiger partial charge in [0.15, 0.2) is 0 Å². The lowest BCUT2D eigenvalue weighted by atomic mass is 10.1. The maximum Gasteiger partial charge on any atom is 0.573 e. The Morgan fingerprint density at radius 1 is 1.10 bits per heavy atom. The lowest BCUT2D eigenvalue weighted by Gasteiger charge is -2.21. The van der Waals surface area contributed by atoms with Crippen LogP contribution in [0, 0.1) is 0 Å². The topological polar surface area (TPSA) is 81.1 Å². The Balaban J connectivity index is 2.08. The lowest BCUT2D eigenvalue weighted by Crippen LogP contribution is -2.23. The van der Waals surface area contributed by atoms with Crippen molar-refractivity contribution in [2.45, 2.75) is 20.2 Å². The molecule has 1 amide bonds. The summed E-state index contributed by atoms with van der Waals surface area (Å²) in [5.41, 5.74) is 7.21. The summed E-state index contributed by atoms with van der Waals surface area (Å²) in [5.74, 6) is -1.11. The highest BCUT2D eigenvalue weighted by molar-refractivity contribution is 5.95. The molecule has 0 fully saturated rings. The van der Waals surface area contributed by atoms with E-state index in [-0.39, 0.29) is 22.6 Å². The standard InChI is InChI=1S/C21H20F3N3O3/c1-3-27(4-2)15-8-5-13-11-17(19(25)28)20(29-18(13)12-15)26-14-6-9-16(10-7-14)30-21(22,23)24/h5-12H,3-4H2,1-2H3,(H2,25,28). The van der Waals surface area contributed by atoms with E-state index in [4.69, 9.17) is 10.2 Å². The Hall–Kier alpha value is -3.49. The third-order valence-corrected chi connectivity index (χ3v) is 4.43. The van der Waals surface area contributed by atoms with Gasteiger partial charge in [-0.25, -0.2) is 4.99 Å². The fourth-order valence-corrected chi connectivity index (χ4v) is 2.99. The van der Waals surface area contributed by atoms with Crippen molar-refractivity contribution in [2.75, 3.05) is 18.0 Å². The molecule has 0 saturated heterocycles. The molecule has 0 radical (unpaired) electrons. The van der Waals surface area contributed by atoms with Crippen molar-refractivity contribution >= 4 is 28.3 Å². The fourth-order valence-electron chi connectivity index (χ4n) is 2.99. The van der Waals surface area contributed by atoms with Gasteiger partial charge in [0.2, 0.25) is 5.55 Å². The zero-order valence-electron chi connectivity index (χ0n) is 16.4. The minimum absolute atomic E-state index is 0.0313. The number of nitrogens with two attached hydrogens (primary N) is 1. The van der Waals surface area contributed by atoms with E-state index in [0.717, 1.165) is 30.9 Å². The SMILES string of the molecule is CCN(CC)c1ccc2cc(C(N)=O)c(=Nc3ccc(OC(F)(F)F)cc3)oc2c1. The van der Waals surface area contributed by atoms with Crippen molar-refractivity contribution < 1.29 is 27.1 Å². The molecular weight excluding hydrogens is 399 g/mol. The fraction of sp³-hybridized carbons (Fsp3) is 0.238. The molecule has 2 aromatic carbocycles. The van der Waals surface area contributed by atoms with Gasteiger partial charge in [-0.15, -0.1) is 13.2 Å². The zero-order chi connectivity index (χ0) is 21.9. The summed E-state index contributed by atoms with van der Waals surface area (Å²) >= 11 is 0. The van der Waals surface area contributed by atoms with Crippen LogP contribution in [0.4, 0.5) is 24.5 Å². The molecule has 0 aliphatic carbocycles. The largest absolute Gasteiger partial charge is 0.573 e. The van der Waals surface area contributed by atoms with Crippen LogP contribution in [0.1, 0.15) is 24.2 Å². The van der Waals surface area contributed by atoms with E-state index in [9.17, 15) is 18.0 Å². The number of ether oxygens (including phenoxy) is 1. The highest BCUT2D eigenvalue weighted by Gasteiger charge is 2.30. The number of rotatable bonds is 6. The molecule has 0 aliphatic heterocycles. The van der Waals surface area contributed by atoms with Gasteiger partial charge >= 0.3 is 6.36 Å². The summed E-state index contributed by atoms with van der Waals surface area (Å²) in [7, 11) is 0. The van der Waals surface area contributed by atoms with Gasteiger partial charge in [-0.3, -0.25) is 4.79 Å². The summed E-state index contributed by atoms with van der Waals surface area (Å²) in [5, 5.41) is 0.674. The van der Waals surface area contributed by atoms with Crippen LogP contribution in [0.25, 0.3) is 11.0 Å². The second kappa shape index (κ2) is 8.48. The quantitative estimate of drug-likeness (QED) is 0.638. The number of amides is 1. The van der Waals surface area contributed by atoms with Crippen molar-refractivity contribution in [3.05, 3.63) is 59.6 Å². The van der Waals surface area contributed by atoms with Crippen LogP contribution in [0.5, 0.6) is 5.75 Å². The first-order valence-corrected chi connectivity index (χ1v) is 9.23. The Morgan fingerprint density at radius 3 is 2.33 bits per heavy atom. The maximum absolute atomic E-state index is 12.3. The molecule has 0 saturated carbocycles. The van der Waals surface area contributed by atoms with Crippen LogP contribution in [0.3, 0.4) is 0 Å². The van der Waals surface area contributed by atoms with E-state index in [1.165, 1.54) is 12.1 Å². The summed E-state index contributed by atoms with van der Waals surface area (Å²) in [6, 6.07) is 12.0. The summed E-state index contributed by atoms with van der Waals surface area (Å²) in [4.78, 5) is 18.3. The van der Waals surface area contributed by atoms with Crippen LogP contribution in [-0.4, -0.2) is 25.4 Å². The predicted molar refractivity (Wildman–Crippen MR) is 107 cm³/mol. The first-order chi connectivity index (χ1) is 14.2. The Morgan fingerprint density at radius 2 is 1.77 bits per heavy atom. The molecule has 6 nitrogen and oxygen atoms in total. The van der Waals surface area contributed by atoms with E-state index in [1.807, 2.05) is 32.0 Å². The van der Waals surface area contributed by atoms with Crippen LogP contribution in [0.15, 0.2) is 57.9 Å². The maximum atomic E-state index is 12.3. The average Bonchev–Trinajstić information content (AvgIpc) is 2.68. The molecule has 30 heavy (non-hydrogen) atoms.